The van der Waals surface area contributed by atoms with Gasteiger partial charge in [0.2, 0.25) is 5.95 Å². The molecule has 6 heteroatoms. The Kier molecular flexibility index (Phi) is 5.73. The number of nitrogens with zero attached hydrogens (tertiary/aromatic N) is 3. The zero-order valence-electron chi connectivity index (χ0n) is 14.8. The number of halogens is 1. The molecule has 1 atom stereocenters. The molecule has 0 saturated heterocycles. The fraction of sp³-hybridized carbons (Fsp3) is 0.250. The fourth-order valence-electron chi connectivity index (χ4n) is 2.82. The van der Waals surface area contributed by atoms with Crippen molar-refractivity contribution >= 4 is 5.82 Å². The van der Waals surface area contributed by atoms with E-state index in [-0.39, 0.29) is 0 Å². The molecular weight excluding hydrogens is 331 g/mol. The van der Waals surface area contributed by atoms with Crippen LogP contribution in [0.2, 0.25) is 0 Å². The second kappa shape index (κ2) is 8.38. The minimum absolute atomic E-state index is 0.342. The molecule has 0 radical (unpaired) electrons. The molecule has 5 nitrogen and oxygen atoms in total. The van der Waals surface area contributed by atoms with Crippen molar-refractivity contribution in [2.75, 3.05) is 19.0 Å². The number of ether oxygens (including phenoxy) is 1. The highest BCUT2D eigenvalue weighted by Gasteiger charge is 2.11. The number of pyridine rings is 1. The number of rotatable bonds is 7. The molecule has 2 aromatic heterocycles. The molecule has 0 aliphatic heterocycles. The minimum Gasteiger partial charge on any atom is -0.496 e. The molecule has 0 fully saturated rings. The topological polar surface area (TPSA) is 59.9 Å². The Labute approximate surface area is 152 Å². The average Bonchev–Trinajstić information content (AvgIpc) is 2.68. The molecule has 0 aliphatic rings. The first kappa shape index (κ1) is 17.8. The molecule has 0 bridgehead atoms. The lowest BCUT2D eigenvalue weighted by Gasteiger charge is -2.16. The van der Waals surface area contributed by atoms with Crippen LogP contribution in [0.5, 0.6) is 5.75 Å². The minimum atomic E-state index is -0.527. The van der Waals surface area contributed by atoms with Gasteiger partial charge in [0.25, 0.3) is 0 Å². The molecule has 0 spiro atoms. The number of aromatic nitrogens is 3. The van der Waals surface area contributed by atoms with Gasteiger partial charge in [-0.05, 0) is 30.0 Å². The predicted molar refractivity (Wildman–Crippen MR) is 99.7 cm³/mol. The summed E-state index contributed by atoms with van der Waals surface area (Å²) in [5.41, 5.74) is 2.51. The van der Waals surface area contributed by atoms with Crippen LogP contribution in [-0.2, 0) is 0 Å². The van der Waals surface area contributed by atoms with E-state index in [1.54, 1.807) is 13.2 Å². The van der Waals surface area contributed by atoms with E-state index >= 15 is 0 Å². The zero-order chi connectivity index (χ0) is 18.4. The van der Waals surface area contributed by atoms with Gasteiger partial charge in [-0.1, -0.05) is 25.1 Å². The van der Waals surface area contributed by atoms with E-state index in [0.29, 0.717) is 23.0 Å². The zero-order valence-corrected chi connectivity index (χ0v) is 14.8. The molecular formula is C20H21FN4O. The number of methoxy groups -OCH3 is 1. The highest BCUT2D eigenvalue weighted by molar-refractivity contribution is 5.61. The highest BCUT2D eigenvalue weighted by atomic mass is 19.1. The van der Waals surface area contributed by atoms with Gasteiger partial charge in [0.05, 0.1) is 12.8 Å². The third-order valence-electron chi connectivity index (χ3n) is 4.24. The van der Waals surface area contributed by atoms with Crippen LogP contribution in [0.4, 0.5) is 10.2 Å². The summed E-state index contributed by atoms with van der Waals surface area (Å²) < 4.78 is 18.7. The molecule has 26 heavy (non-hydrogen) atoms. The Hall–Kier alpha value is -3.02. The number of benzene rings is 1. The quantitative estimate of drug-likeness (QED) is 0.643. The molecule has 0 aliphatic carbocycles. The van der Waals surface area contributed by atoms with Gasteiger partial charge >= 0.3 is 0 Å². The summed E-state index contributed by atoms with van der Waals surface area (Å²) in [6.45, 7) is 2.92. The first-order chi connectivity index (χ1) is 12.7. The summed E-state index contributed by atoms with van der Waals surface area (Å²) >= 11 is 0. The second-order valence-corrected chi connectivity index (χ2v) is 6.01. The van der Waals surface area contributed by atoms with Crippen molar-refractivity contribution in [1.29, 1.82) is 0 Å². The predicted octanol–water partition coefficient (Wildman–Crippen LogP) is 4.29. The first-order valence-corrected chi connectivity index (χ1v) is 8.48. The number of anilines is 1. The number of nitrogens with one attached hydrogen (secondary N) is 1. The van der Waals surface area contributed by atoms with Crippen LogP contribution in [-0.4, -0.2) is 28.6 Å². The van der Waals surface area contributed by atoms with Crippen molar-refractivity contribution in [2.45, 2.75) is 19.3 Å². The van der Waals surface area contributed by atoms with E-state index in [4.69, 9.17) is 4.74 Å². The van der Waals surface area contributed by atoms with Gasteiger partial charge in [0.1, 0.15) is 17.9 Å². The molecule has 1 aromatic carbocycles. The highest BCUT2D eigenvalue weighted by Crippen LogP contribution is 2.28. The monoisotopic (exact) mass is 352 g/mol. The van der Waals surface area contributed by atoms with Crippen LogP contribution < -0.4 is 10.1 Å². The van der Waals surface area contributed by atoms with E-state index in [9.17, 15) is 4.39 Å². The van der Waals surface area contributed by atoms with Crippen LogP contribution >= 0.6 is 0 Å². The normalized spacial score (nSPS) is 11.8. The van der Waals surface area contributed by atoms with Crippen LogP contribution in [0, 0.1) is 5.95 Å². The molecule has 1 N–H and O–H groups in total. The van der Waals surface area contributed by atoms with Gasteiger partial charge in [0.15, 0.2) is 0 Å². The number of hydrogen-bond donors (Lipinski definition) is 1. The van der Waals surface area contributed by atoms with Crippen LogP contribution in [0.15, 0.2) is 55.0 Å². The van der Waals surface area contributed by atoms with E-state index in [1.807, 2.05) is 24.3 Å². The van der Waals surface area contributed by atoms with Gasteiger partial charge in [-0.3, -0.25) is 0 Å². The third-order valence-corrected chi connectivity index (χ3v) is 4.24. The van der Waals surface area contributed by atoms with E-state index in [2.05, 4.69) is 33.3 Å². The van der Waals surface area contributed by atoms with Crippen molar-refractivity contribution in [3.8, 4) is 17.0 Å². The maximum absolute atomic E-state index is 13.3. The van der Waals surface area contributed by atoms with Crippen molar-refractivity contribution in [3.05, 3.63) is 66.5 Å². The van der Waals surface area contributed by atoms with Gasteiger partial charge in [-0.15, -0.1) is 0 Å². The fourth-order valence-corrected chi connectivity index (χ4v) is 2.82. The van der Waals surface area contributed by atoms with Crippen molar-refractivity contribution in [3.63, 3.8) is 0 Å². The summed E-state index contributed by atoms with van der Waals surface area (Å²) in [6, 6.07) is 12.9. The summed E-state index contributed by atoms with van der Waals surface area (Å²) in [6.07, 6.45) is 3.82. The van der Waals surface area contributed by atoms with Crippen LogP contribution in [0.25, 0.3) is 11.3 Å². The van der Waals surface area contributed by atoms with E-state index in [0.717, 1.165) is 18.7 Å². The van der Waals surface area contributed by atoms with Crippen LogP contribution in [0.1, 0.15) is 24.8 Å². The first-order valence-electron chi connectivity index (χ1n) is 8.48. The number of para-hydroxylation sites is 1. The maximum Gasteiger partial charge on any atom is 0.213 e. The molecule has 0 amide bonds. The molecule has 3 rings (SSSR count). The molecule has 2 heterocycles. The van der Waals surface area contributed by atoms with Gasteiger partial charge in [-0.25, -0.2) is 15.0 Å². The third kappa shape index (κ3) is 4.33. The Morgan fingerprint density at radius 1 is 1.12 bits per heavy atom. The van der Waals surface area contributed by atoms with Gasteiger partial charge in [0, 0.05) is 30.4 Å². The van der Waals surface area contributed by atoms with Crippen molar-refractivity contribution in [1.82, 2.24) is 15.0 Å². The summed E-state index contributed by atoms with van der Waals surface area (Å²) in [7, 11) is 1.69. The molecule has 3 aromatic rings. The van der Waals surface area contributed by atoms with Gasteiger partial charge < -0.3 is 10.1 Å². The van der Waals surface area contributed by atoms with Gasteiger partial charge in [-0.2, -0.15) is 4.39 Å². The Balaban J connectivity index is 1.62. The SMILES string of the molecule is COc1ccccc1C(C)CCNc1cc(-c2ccnc(F)c2)ncn1. The summed E-state index contributed by atoms with van der Waals surface area (Å²) in [5.74, 6) is 1.43. The summed E-state index contributed by atoms with van der Waals surface area (Å²) in [4.78, 5) is 12.0. The van der Waals surface area contributed by atoms with Crippen molar-refractivity contribution < 1.29 is 9.13 Å². The molecule has 1 unspecified atom stereocenters. The standard InChI is InChI=1S/C20H21FN4O/c1-14(16-5-3-4-6-18(16)26-2)7-9-23-20-12-17(24-13-25-20)15-8-10-22-19(21)11-15/h3-6,8,10-14H,7,9H2,1-2H3,(H,23,24,25). The van der Waals surface area contributed by atoms with E-state index in [1.165, 1.54) is 24.2 Å². The second-order valence-electron chi connectivity index (χ2n) is 6.01. The van der Waals surface area contributed by atoms with Crippen LogP contribution in [0.3, 0.4) is 0 Å². The van der Waals surface area contributed by atoms with E-state index < -0.39 is 5.95 Å². The smallest absolute Gasteiger partial charge is 0.213 e. The summed E-state index contributed by atoms with van der Waals surface area (Å²) in [5, 5.41) is 3.31. The van der Waals surface area contributed by atoms with Crippen molar-refractivity contribution in [2.24, 2.45) is 0 Å². The Bertz CT molecular complexity index is 872. The lowest BCUT2D eigenvalue weighted by atomic mass is 9.97. The lowest BCUT2D eigenvalue weighted by Crippen LogP contribution is -2.08. The molecule has 134 valence electrons. The lowest BCUT2D eigenvalue weighted by molar-refractivity contribution is 0.405. The Morgan fingerprint density at radius 3 is 2.77 bits per heavy atom. The maximum atomic E-state index is 13.3. The largest absolute Gasteiger partial charge is 0.496 e. The molecule has 0 saturated carbocycles. The Morgan fingerprint density at radius 2 is 1.96 bits per heavy atom. The average molecular weight is 352 g/mol. The number of hydrogen-bond acceptors (Lipinski definition) is 5.